The van der Waals surface area contributed by atoms with Crippen LogP contribution in [0.5, 0.6) is 5.75 Å². The number of rotatable bonds is 4. The van der Waals surface area contributed by atoms with Gasteiger partial charge in [0.05, 0.1) is 12.1 Å². The molecule has 0 amide bonds. The highest BCUT2D eigenvalue weighted by atomic mass is 35.5. The van der Waals surface area contributed by atoms with E-state index in [9.17, 15) is 4.79 Å². The molecule has 0 bridgehead atoms. The fraction of sp³-hybridized carbons (Fsp3) is 0.133. The molecule has 2 aromatic carbocycles. The summed E-state index contributed by atoms with van der Waals surface area (Å²) in [6.45, 7) is 0. The second-order valence-electron chi connectivity index (χ2n) is 3.93. The molecule has 0 aliphatic rings. The van der Waals surface area contributed by atoms with Crippen LogP contribution in [-0.2, 0) is 6.42 Å². The van der Waals surface area contributed by atoms with Crippen molar-refractivity contribution in [1.82, 2.24) is 0 Å². The summed E-state index contributed by atoms with van der Waals surface area (Å²) in [6, 6.07) is 14.7. The van der Waals surface area contributed by atoms with Gasteiger partial charge < -0.3 is 4.74 Å². The highest BCUT2D eigenvalue weighted by Gasteiger charge is 2.09. The molecule has 0 spiro atoms. The summed E-state index contributed by atoms with van der Waals surface area (Å²) in [5.41, 5.74) is 1.60. The molecule has 2 rings (SSSR count). The van der Waals surface area contributed by atoms with Crippen LogP contribution in [0.4, 0.5) is 0 Å². The summed E-state index contributed by atoms with van der Waals surface area (Å²) in [5.74, 6) is 0.624. The van der Waals surface area contributed by atoms with Crippen molar-refractivity contribution in [3.05, 3.63) is 64.7 Å². The molecule has 0 saturated carbocycles. The van der Waals surface area contributed by atoms with Crippen LogP contribution in [0.2, 0.25) is 5.02 Å². The van der Waals surface area contributed by atoms with Crippen LogP contribution in [0.3, 0.4) is 0 Å². The quantitative estimate of drug-likeness (QED) is 0.782. The van der Waals surface area contributed by atoms with Crippen molar-refractivity contribution in [3.63, 3.8) is 0 Å². The van der Waals surface area contributed by atoms with Gasteiger partial charge in [-0.05, 0) is 23.8 Å². The number of hydrogen-bond donors (Lipinski definition) is 0. The maximum Gasteiger partial charge on any atom is 0.167 e. The molecule has 0 radical (unpaired) electrons. The normalized spacial score (nSPS) is 10.1. The minimum Gasteiger partial charge on any atom is -0.495 e. The summed E-state index contributed by atoms with van der Waals surface area (Å²) >= 11 is 6.00. The van der Waals surface area contributed by atoms with Crippen LogP contribution in [0.25, 0.3) is 0 Å². The largest absolute Gasteiger partial charge is 0.495 e. The average molecular weight is 261 g/mol. The van der Waals surface area contributed by atoms with Gasteiger partial charge in [0.15, 0.2) is 5.78 Å². The Kier molecular flexibility index (Phi) is 4.00. The van der Waals surface area contributed by atoms with Crippen molar-refractivity contribution in [2.24, 2.45) is 0 Å². The van der Waals surface area contributed by atoms with Gasteiger partial charge in [-0.3, -0.25) is 4.79 Å². The number of halogens is 1. The maximum absolute atomic E-state index is 12.1. The zero-order chi connectivity index (χ0) is 13.0. The lowest BCUT2D eigenvalue weighted by molar-refractivity contribution is 0.0993. The van der Waals surface area contributed by atoms with E-state index in [0.29, 0.717) is 22.8 Å². The van der Waals surface area contributed by atoms with E-state index in [2.05, 4.69) is 0 Å². The Morgan fingerprint density at radius 3 is 2.50 bits per heavy atom. The minimum atomic E-state index is 0.0470. The number of carbonyl (C=O) groups is 1. The Hall–Kier alpha value is -1.80. The van der Waals surface area contributed by atoms with E-state index in [-0.39, 0.29) is 5.78 Å². The van der Waals surface area contributed by atoms with E-state index < -0.39 is 0 Å². The molecule has 0 aromatic heterocycles. The smallest absolute Gasteiger partial charge is 0.167 e. The molecule has 2 aromatic rings. The number of Topliss-reactive ketones (excluding diaryl/α,β-unsaturated/α-hetero) is 1. The predicted octanol–water partition coefficient (Wildman–Crippen LogP) is 3.77. The van der Waals surface area contributed by atoms with Crippen LogP contribution in [0, 0.1) is 0 Å². The van der Waals surface area contributed by atoms with Crippen LogP contribution in [-0.4, -0.2) is 12.9 Å². The number of hydrogen-bond acceptors (Lipinski definition) is 2. The zero-order valence-corrected chi connectivity index (χ0v) is 10.8. The van der Waals surface area contributed by atoms with Gasteiger partial charge in [0.2, 0.25) is 0 Å². The van der Waals surface area contributed by atoms with Crippen molar-refractivity contribution in [2.45, 2.75) is 6.42 Å². The Morgan fingerprint density at radius 2 is 1.89 bits per heavy atom. The number of methoxy groups -OCH3 is 1. The monoisotopic (exact) mass is 260 g/mol. The molecule has 0 atom stereocenters. The molecular weight excluding hydrogens is 248 g/mol. The SMILES string of the molecule is COc1ccc(C(=O)Cc2ccccc2)cc1Cl. The number of ketones is 1. The topological polar surface area (TPSA) is 26.3 Å². The third-order valence-electron chi connectivity index (χ3n) is 2.68. The van der Waals surface area contributed by atoms with Crippen molar-refractivity contribution in [3.8, 4) is 5.75 Å². The fourth-order valence-electron chi connectivity index (χ4n) is 1.72. The number of ether oxygens (including phenoxy) is 1. The lowest BCUT2D eigenvalue weighted by atomic mass is 10.0. The van der Waals surface area contributed by atoms with Gasteiger partial charge in [-0.1, -0.05) is 41.9 Å². The number of carbonyl (C=O) groups excluding carboxylic acids is 1. The van der Waals surface area contributed by atoms with Gasteiger partial charge in [-0.2, -0.15) is 0 Å². The highest BCUT2D eigenvalue weighted by Crippen LogP contribution is 2.25. The second-order valence-corrected chi connectivity index (χ2v) is 4.34. The van der Waals surface area contributed by atoms with Crippen LogP contribution in [0.15, 0.2) is 48.5 Å². The van der Waals surface area contributed by atoms with E-state index >= 15 is 0 Å². The third kappa shape index (κ3) is 2.90. The lowest BCUT2D eigenvalue weighted by Crippen LogP contribution is -2.03. The van der Waals surface area contributed by atoms with Gasteiger partial charge in [-0.25, -0.2) is 0 Å². The summed E-state index contributed by atoms with van der Waals surface area (Å²) in [6.07, 6.45) is 0.378. The Morgan fingerprint density at radius 1 is 1.17 bits per heavy atom. The molecule has 0 aliphatic heterocycles. The third-order valence-corrected chi connectivity index (χ3v) is 2.98. The first-order valence-electron chi connectivity index (χ1n) is 5.61. The summed E-state index contributed by atoms with van der Waals surface area (Å²) in [7, 11) is 1.55. The molecule has 0 heterocycles. The molecule has 0 N–H and O–H groups in total. The summed E-state index contributed by atoms with van der Waals surface area (Å²) in [5, 5.41) is 0.455. The minimum absolute atomic E-state index is 0.0470. The molecule has 92 valence electrons. The number of benzene rings is 2. The van der Waals surface area contributed by atoms with Crippen molar-refractivity contribution in [2.75, 3.05) is 7.11 Å². The molecule has 0 aliphatic carbocycles. The van der Waals surface area contributed by atoms with Crippen molar-refractivity contribution in [1.29, 1.82) is 0 Å². The van der Waals surface area contributed by atoms with Crippen molar-refractivity contribution < 1.29 is 9.53 Å². The maximum atomic E-state index is 12.1. The standard InChI is InChI=1S/C15H13ClO2/c1-18-15-8-7-12(10-13(15)16)14(17)9-11-5-3-2-4-6-11/h2-8,10H,9H2,1H3. The van der Waals surface area contributed by atoms with Crippen molar-refractivity contribution >= 4 is 17.4 Å². The second kappa shape index (κ2) is 5.69. The van der Waals surface area contributed by atoms with Crippen LogP contribution < -0.4 is 4.74 Å². The van der Waals surface area contributed by atoms with E-state index in [4.69, 9.17) is 16.3 Å². The van der Waals surface area contributed by atoms with E-state index in [1.54, 1.807) is 25.3 Å². The van der Waals surface area contributed by atoms with Crippen LogP contribution >= 0.6 is 11.6 Å². The van der Waals surface area contributed by atoms with Gasteiger partial charge in [-0.15, -0.1) is 0 Å². The van der Waals surface area contributed by atoms with Gasteiger partial charge in [0.1, 0.15) is 5.75 Å². The van der Waals surface area contributed by atoms with Gasteiger partial charge >= 0.3 is 0 Å². The molecule has 18 heavy (non-hydrogen) atoms. The fourth-order valence-corrected chi connectivity index (χ4v) is 1.98. The highest BCUT2D eigenvalue weighted by molar-refractivity contribution is 6.32. The first kappa shape index (κ1) is 12.7. The molecule has 0 unspecified atom stereocenters. The first-order valence-corrected chi connectivity index (χ1v) is 5.99. The first-order chi connectivity index (χ1) is 8.70. The summed E-state index contributed by atoms with van der Waals surface area (Å²) < 4.78 is 5.05. The molecule has 3 heteroatoms. The average Bonchev–Trinajstić information content (AvgIpc) is 2.39. The van der Waals surface area contributed by atoms with Gasteiger partial charge in [0, 0.05) is 12.0 Å². The molecule has 2 nitrogen and oxygen atoms in total. The Labute approximate surface area is 111 Å². The Balaban J connectivity index is 2.17. The molecular formula is C15H13ClO2. The molecule has 0 saturated heterocycles. The zero-order valence-electron chi connectivity index (χ0n) is 10.0. The van der Waals surface area contributed by atoms with Gasteiger partial charge in [0.25, 0.3) is 0 Å². The van der Waals surface area contributed by atoms with E-state index in [1.807, 2.05) is 30.3 Å². The molecule has 0 fully saturated rings. The van der Waals surface area contributed by atoms with E-state index in [1.165, 1.54) is 0 Å². The Bertz CT molecular complexity index is 550. The summed E-state index contributed by atoms with van der Waals surface area (Å²) in [4.78, 5) is 12.1. The van der Waals surface area contributed by atoms with E-state index in [0.717, 1.165) is 5.56 Å². The lowest BCUT2D eigenvalue weighted by Gasteiger charge is -2.05. The van der Waals surface area contributed by atoms with Crippen LogP contribution in [0.1, 0.15) is 15.9 Å². The predicted molar refractivity (Wildman–Crippen MR) is 72.5 cm³/mol.